The number of nitrogens with one attached hydrogen (secondary N) is 1. The number of amides is 1. The SMILES string of the molecule is NC(=O)c1nc(C(=O)c2c[nH]c3ccccc23)sc1CCOCCO. The summed E-state index contributed by atoms with van der Waals surface area (Å²) < 4.78 is 5.21. The van der Waals surface area contributed by atoms with E-state index >= 15 is 0 Å². The number of nitrogens with two attached hydrogens (primary N) is 1. The quantitative estimate of drug-likeness (QED) is 0.416. The van der Waals surface area contributed by atoms with Gasteiger partial charge in [-0.15, -0.1) is 11.3 Å². The van der Waals surface area contributed by atoms with E-state index < -0.39 is 5.91 Å². The molecule has 8 heteroatoms. The second kappa shape index (κ2) is 7.56. The van der Waals surface area contributed by atoms with E-state index in [9.17, 15) is 9.59 Å². The molecule has 4 N–H and O–H groups in total. The zero-order chi connectivity index (χ0) is 17.8. The van der Waals surface area contributed by atoms with Gasteiger partial charge in [0.05, 0.1) is 25.4 Å². The maximum atomic E-state index is 12.8. The predicted octanol–water partition coefficient (Wildman–Crippen LogP) is 1.51. The summed E-state index contributed by atoms with van der Waals surface area (Å²) in [7, 11) is 0. The van der Waals surface area contributed by atoms with Gasteiger partial charge in [-0.05, 0) is 6.07 Å². The highest BCUT2D eigenvalue weighted by Crippen LogP contribution is 2.25. The number of carbonyl (C=O) groups is 2. The second-order valence-electron chi connectivity index (χ2n) is 5.32. The molecule has 0 radical (unpaired) electrons. The number of aliphatic hydroxyl groups is 1. The van der Waals surface area contributed by atoms with Gasteiger partial charge in [-0.1, -0.05) is 18.2 Å². The molecule has 3 rings (SSSR count). The third-order valence-electron chi connectivity index (χ3n) is 3.67. The molecular weight excluding hydrogens is 342 g/mol. The molecule has 130 valence electrons. The summed E-state index contributed by atoms with van der Waals surface area (Å²) in [5, 5.41) is 9.74. The van der Waals surface area contributed by atoms with Gasteiger partial charge in [0, 0.05) is 28.4 Å². The average molecular weight is 359 g/mol. The van der Waals surface area contributed by atoms with Crippen LogP contribution in [0.25, 0.3) is 10.9 Å². The van der Waals surface area contributed by atoms with Gasteiger partial charge in [0.2, 0.25) is 5.78 Å². The Labute approximate surface area is 147 Å². The van der Waals surface area contributed by atoms with Gasteiger partial charge in [0.25, 0.3) is 5.91 Å². The first-order chi connectivity index (χ1) is 12.1. The van der Waals surface area contributed by atoms with Crippen LogP contribution in [0.1, 0.15) is 30.7 Å². The van der Waals surface area contributed by atoms with Crippen LogP contribution >= 0.6 is 11.3 Å². The summed E-state index contributed by atoms with van der Waals surface area (Å²) in [4.78, 5) is 32.2. The molecule has 0 spiro atoms. The summed E-state index contributed by atoms with van der Waals surface area (Å²) in [6.07, 6.45) is 2.04. The Bertz CT molecular complexity index is 916. The lowest BCUT2D eigenvalue weighted by atomic mass is 10.1. The molecular formula is C17H17N3O4S. The molecule has 0 bridgehead atoms. The van der Waals surface area contributed by atoms with E-state index in [1.165, 1.54) is 0 Å². The molecule has 0 atom stereocenters. The summed E-state index contributed by atoms with van der Waals surface area (Å²) >= 11 is 1.14. The van der Waals surface area contributed by atoms with Gasteiger partial charge in [0.1, 0.15) is 5.69 Å². The lowest BCUT2D eigenvalue weighted by Crippen LogP contribution is -2.15. The Hall–Kier alpha value is -2.55. The maximum Gasteiger partial charge on any atom is 0.268 e. The van der Waals surface area contributed by atoms with E-state index in [1.807, 2.05) is 24.3 Å². The van der Waals surface area contributed by atoms with Crippen molar-refractivity contribution >= 4 is 33.9 Å². The minimum Gasteiger partial charge on any atom is -0.394 e. The van der Waals surface area contributed by atoms with E-state index in [-0.39, 0.29) is 29.7 Å². The zero-order valence-electron chi connectivity index (χ0n) is 13.3. The zero-order valence-corrected chi connectivity index (χ0v) is 14.1. The Morgan fingerprint density at radius 3 is 2.84 bits per heavy atom. The van der Waals surface area contributed by atoms with Gasteiger partial charge < -0.3 is 20.6 Å². The summed E-state index contributed by atoms with van der Waals surface area (Å²) in [5.74, 6) is -0.932. The number of ketones is 1. The van der Waals surface area contributed by atoms with Crippen molar-refractivity contribution in [3.8, 4) is 0 Å². The molecule has 0 aliphatic rings. The number of ether oxygens (including phenoxy) is 1. The molecule has 0 fully saturated rings. The second-order valence-corrected chi connectivity index (χ2v) is 6.40. The van der Waals surface area contributed by atoms with E-state index in [4.69, 9.17) is 15.6 Å². The van der Waals surface area contributed by atoms with Gasteiger partial charge in [0.15, 0.2) is 5.01 Å². The lowest BCUT2D eigenvalue weighted by Gasteiger charge is -2.00. The molecule has 0 saturated heterocycles. The number of para-hydroxylation sites is 1. The monoisotopic (exact) mass is 359 g/mol. The Balaban J connectivity index is 1.88. The third kappa shape index (κ3) is 3.60. The fourth-order valence-electron chi connectivity index (χ4n) is 2.52. The van der Waals surface area contributed by atoms with Crippen molar-refractivity contribution in [3.05, 3.63) is 51.6 Å². The number of benzene rings is 1. The van der Waals surface area contributed by atoms with Crippen LogP contribution < -0.4 is 5.73 Å². The third-order valence-corrected chi connectivity index (χ3v) is 4.78. The van der Waals surface area contributed by atoms with E-state index in [1.54, 1.807) is 6.20 Å². The highest BCUT2D eigenvalue weighted by molar-refractivity contribution is 7.14. The molecule has 3 aromatic rings. The molecule has 2 aromatic heterocycles. The predicted molar refractivity (Wildman–Crippen MR) is 94.0 cm³/mol. The number of hydrogen-bond donors (Lipinski definition) is 3. The van der Waals surface area contributed by atoms with Gasteiger partial charge in [-0.2, -0.15) is 0 Å². The number of carbonyl (C=O) groups excluding carboxylic acids is 2. The number of aromatic amines is 1. The molecule has 2 heterocycles. The lowest BCUT2D eigenvalue weighted by molar-refractivity contribution is 0.0939. The van der Waals surface area contributed by atoms with Crippen molar-refractivity contribution in [3.63, 3.8) is 0 Å². The smallest absolute Gasteiger partial charge is 0.268 e. The minimum absolute atomic E-state index is 0.0737. The minimum atomic E-state index is -0.675. The van der Waals surface area contributed by atoms with Crippen LogP contribution in [0.4, 0.5) is 0 Å². The van der Waals surface area contributed by atoms with Crippen molar-refractivity contribution < 1.29 is 19.4 Å². The van der Waals surface area contributed by atoms with Crippen LogP contribution in [0.5, 0.6) is 0 Å². The first kappa shape index (κ1) is 17.3. The molecule has 7 nitrogen and oxygen atoms in total. The van der Waals surface area contributed by atoms with Crippen LogP contribution in [0.3, 0.4) is 0 Å². The number of H-pyrrole nitrogens is 1. The number of rotatable bonds is 8. The van der Waals surface area contributed by atoms with E-state index in [2.05, 4.69) is 9.97 Å². The van der Waals surface area contributed by atoms with Crippen molar-refractivity contribution in [2.45, 2.75) is 6.42 Å². The fourth-order valence-corrected chi connectivity index (χ4v) is 3.52. The van der Waals surface area contributed by atoms with Crippen molar-refractivity contribution in [2.24, 2.45) is 5.73 Å². The molecule has 1 amide bonds. The van der Waals surface area contributed by atoms with Crippen molar-refractivity contribution in [1.29, 1.82) is 0 Å². The fraction of sp³-hybridized carbons (Fsp3) is 0.235. The first-order valence-corrected chi connectivity index (χ1v) is 8.52. The Morgan fingerprint density at radius 2 is 2.08 bits per heavy atom. The van der Waals surface area contributed by atoms with Crippen LogP contribution in [0.2, 0.25) is 0 Å². The highest BCUT2D eigenvalue weighted by atomic mass is 32.1. The largest absolute Gasteiger partial charge is 0.394 e. The van der Waals surface area contributed by atoms with Crippen LogP contribution in [0, 0.1) is 0 Å². The molecule has 0 saturated carbocycles. The molecule has 0 aliphatic carbocycles. The van der Waals surface area contributed by atoms with E-state index in [0.29, 0.717) is 23.5 Å². The molecule has 0 unspecified atom stereocenters. The van der Waals surface area contributed by atoms with Gasteiger partial charge in [-0.25, -0.2) is 4.98 Å². The Morgan fingerprint density at radius 1 is 1.28 bits per heavy atom. The molecule has 0 aliphatic heterocycles. The van der Waals surface area contributed by atoms with Crippen LogP contribution in [0.15, 0.2) is 30.5 Å². The number of aromatic nitrogens is 2. The normalized spacial score (nSPS) is 11.1. The van der Waals surface area contributed by atoms with E-state index in [0.717, 1.165) is 22.2 Å². The number of hydrogen-bond acceptors (Lipinski definition) is 6. The topological polar surface area (TPSA) is 118 Å². The summed E-state index contributed by atoms with van der Waals surface area (Å²) in [6.45, 7) is 0.450. The van der Waals surface area contributed by atoms with Gasteiger partial charge in [-0.3, -0.25) is 9.59 Å². The average Bonchev–Trinajstić information content (AvgIpc) is 3.22. The summed E-state index contributed by atoms with van der Waals surface area (Å²) in [5.41, 5.74) is 6.83. The number of thiazole rings is 1. The number of fused-ring (bicyclic) bond motifs is 1. The number of aliphatic hydroxyl groups excluding tert-OH is 1. The van der Waals surface area contributed by atoms with Gasteiger partial charge >= 0.3 is 0 Å². The number of nitrogens with zero attached hydrogens (tertiary/aromatic N) is 1. The van der Waals surface area contributed by atoms with Crippen LogP contribution in [-0.4, -0.2) is 46.6 Å². The molecule has 1 aromatic carbocycles. The van der Waals surface area contributed by atoms with Crippen molar-refractivity contribution in [2.75, 3.05) is 19.8 Å². The first-order valence-electron chi connectivity index (χ1n) is 7.70. The van der Waals surface area contributed by atoms with Crippen molar-refractivity contribution in [1.82, 2.24) is 9.97 Å². The standard InChI is InChI=1S/C17H17N3O4S/c18-16(23)14-13(5-7-24-8-6-21)25-17(20-14)15(22)11-9-19-12-4-2-1-3-10(11)12/h1-4,9,19,21H,5-8H2,(H2,18,23). The highest BCUT2D eigenvalue weighted by Gasteiger charge is 2.22. The number of primary amides is 1. The summed E-state index contributed by atoms with van der Waals surface area (Å²) in [6, 6.07) is 7.47. The molecule has 25 heavy (non-hydrogen) atoms. The Kier molecular flexibility index (Phi) is 5.22. The van der Waals surface area contributed by atoms with Crippen LogP contribution in [-0.2, 0) is 11.2 Å². The maximum absolute atomic E-state index is 12.8.